The van der Waals surface area contributed by atoms with Crippen LogP contribution < -0.4 is 5.32 Å². The van der Waals surface area contributed by atoms with Crippen molar-refractivity contribution in [1.29, 1.82) is 0 Å². The van der Waals surface area contributed by atoms with Crippen LogP contribution in [0.5, 0.6) is 0 Å². The molecule has 0 aliphatic rings. The highest BCUT2D eigenvalue weighted by atomic mass is 16.1. The Balaban J connectivity index is 1.62. The molecule has 0 aliphatic carbocycles. The molecule has 2 aromatic heterocycles. The second-order valence-electron chi connectivity index (χ2n) is 4.92. The molecular formula is C16H16N4O. The maximum Gasteiger partial charge on any atom is 0.251 e. The lowest BCUT2D eigenvalue weighted by molar-refractivity contribution is 0.0954. The maximum atomic E-state index is 12.0. The summed E-state index contributed by atoms with van der Waals surface area (Å²) in [7, 11) is 0. The Kier molecular flexibility index (Phi) is 3.64. The van der Waals surface area contributed by atoms with Gasteiger partial charge in [0.2, 0.25) is 0 Å². The second-order valence-corrected chi connectivity index (χ2v) is 4.92. The third-order valence-electron chi connectivity index (χ3n) is 3.30. The molecule has 1 aromatic carbocycles. The SMILES string of the molecule is Cc1cccc(C(=O)NCCc2nnc3ccccn23)c1. The number of nitrogens with one attached hydrogen (secondary N) is 1. The quantitative estimate of drug-likeness (QED) is 0.795. The molecular weight excluding hydrogens is 264 g/mol. The van der Waals surface area contributed by atoms with Crippen molar-refractivity contribution < 1.29 is 4.79 Å². The van der Waals surface area contributed by atoms with Gasteiger partial charge in [-0.1, -0.05) is 23.8 Å². The van der Waals surface area contributed by atoms with Gasteiger partial charge in [0.05, 0.1) is 0 Å². The summed E-state index contributed by atoms with van der Waals surface area (Å²) in [4.78, 5) is 12.0. The van der Waals surface area contributed by atoms with Crippen molar-refractivity contribution in [1.82, 2.24) is 19.9 Å². The number of fused-ring (bicyclic) bond motifs is 1. The van der Waals surface area contributed by atoms with Gasteiger partial charge in [0, 0.05) is 24.7 Å². The third-order valence-corrected chi connectivity index (χ3v) is 3.30. The highest BCUT2D eigenvalue weighted by Gasteiger charge is 2.07. The van der Waals surface area contributed by atoms with Crippen LogP contribution in [0.1, 0.15) is 21.7 Å². The summed E-state index contributed by atoms with van der Waals surface area (Å²) in [6, 6.07) is 13.3. The average Bonchev–Trinajstić information content (AvgIpc) is 2.91. The number of rotatable bonds is 4. The van der Waals surface area contributed by atoms with Gasteiger partial charge in [-0.2, -0.15) is 0 Å². The molecule has 0 atom stereocenters. The summed E-state index contributed by atoms with van der Waals surface area (Å²) in [5, 5.41) is 11.1. The van der Waals surface area contributed by atoms with Crippen LogP contribution in [-0.4, -0.2) is 27.0 Å². The number of aromatic nitrogens is 3. The lowest BCUT2D eigenvalue weighted by Crippen LogP contribution is -2.26. The van der Waals surface area contributed by atoms with Crippen LogP contribution in [0, 0.1) is 6.92 Å². The van der Waals surface area contributed by atoms with Gasteiger partial charge in [0.15, 0.2) is 5.65 Å². The van der Waals surface area contributed by atoms with Crippen LogP contribution in [0.4, 0.5) is 0 Å². The third kappa shape index (κ3) is 2.91. The van der Waals surface area contributed by atoms with Gasteiger partial charge in [0.1, 0.15) is 5.82 Å². The van der Waals surface area contributed by atoms with Crippen molar-refractivity contribution in [2.24, 2.45) is 0 Å². The smallest absolute Gasteiger partial charge is 0.251 e. The molecule has 21 heavy (non-hydrogen) atoms. The van der Waals surface area contributed by atoms with E-state index >= 15 is 0 Å². The number of hydrogen-bond acceptors (Lipinski definition) is 3. The van der Waals surface area contributed by atoms with E-state index in [9.17, 15) is 4.79 Å². The number of hydrogen-bond donors (Lipinski definition) is 1. The van der Waals surface area contributed by atoms with E-state index in [0.29, 0.717) is 18.5 Å². The molecule has 1 N–H and O–H groups in total. The van der Waals surface area contributed by atoms with Gasteiger partial charge in [-0.05, 0) is 31.2 Å². The Morgan fingerprint density at radius 3 is 2.95 bits per heavy atom. The van der Waals surface area contributed by atoms with Crippen molar-refractivity contribution in [2.75, 3.05) is 6.54 Å². The zero-order valence-corrected chi connectivity index (χ0v) is 11.8. The minimum Gasteiger partial charge on any atom is -0.352 e. The molecule has 0 bridgehead atoms. The van der Waals surface area contributed by atoms with Crippen LogP contribution >= 0.6 is 0 Å². The molecule has 3 aromatic rings. The minimum absolute atomic E-state index is 0.0625. The van der Waals surface area contributed by atoms with Gasteiger partial charge in [-0.25, -0.2) is 0 Å². The molecule has 0 aliphatic heterocycles. The van der Waals surface area contributed by atoms with E-state index in [2.05, 4.69) is 15.5 Å². The predicted molar refractivity (Wildman–Crippen MR) is 80.2 cm³/mol. The summed E-state index contributed by atoms with van der Waals surface area (Å²) in [5.74, 6) is 0.780. The molecule has 5 heteroatoms. The van der Waals surface area contributed by atoms with Crippen molar-refractivity contribution in [3.05, 3.63) is 65.6 Å². The normalized spacial score (nSPS) is 10.7. The molecule has 1 amide bonds. The molecule has 0 saturated heterocycles. The van der Waals surface area contributed by atoms with Crippen molar-refractivity contribution in [2.45, 2.75) is 13.3 Å². The highest BCUT2D eigenvalue weighted by Crippen LogP contribution is 2.05. The average molecular weight is 280 g/mol. The second kappa shape index (κ2) is 5.75. The van der Waals surface area contributed by atoms with E-state index < -0.39 is 0 Å². The van der Waals surface area contributed by atoms with Gasteiger partial charge in [-0.15, -0.1) is 10.2 Å². The lowest BCUT2D eigenvalue weighted by atomic mass is 10.1. The van der Waals surface area contributed by atoms with Gasteiger partial charge >= 0.3 is 0 Å². The molecule has 0 saturated carbocycles. The molecule has 0 fully saturated rings. The molecule has 0 unspecified atom stereocenters. The fourth-order valence-corrected chi connectivity index (χ4v) is 2.24. The van der Waals surface area contributed by atoms with E-state index in [1.165, 1.54) is 0 Å². The number of carbonyl (C=O) groups excluding carboxylic acids is 1. The van der Waals surface area contributed by atoms with Crippen molar-refractivity contribution >= 4 is 11.6 Å². The predicted octanol–water partition coefficient (Wildman–Crippen LogP) is 2.01. The molecule has 0 spiro atoms. The Labute approximate surface area is 122 Å². The highest BCUT2D eigenvalue weighted by molar-refractivity contribution is 5.94. The standard InChI is InChI=1S/C16H16N4O/c1-12-5-4-6-13(11-12)16(21)17-9-8-15-19-18-14-7-2-3-10-20(14)15/h2-7,10-11H,8-9H2,1H3,(H,17,21). The molecule has 106 valence electrons. The first-order valence-corrected chi connectivity index (χ1v) is 6.87. The summed E-state index contributed by atoms with van der Waals surface area (Å²) in [5.41, 5.74) is 2.57. The first kappa shape index (κ1) is 13.3. The summed E-state index contributed by atoms with van der Waals surface area (Å²) >= 11 is 0. The van der Waals surface area contributed by atoms with E-state index in [0.717, 1.165) is 17.0 Å². The molecule has 2 heterocycles. The van der Waals surface area contributed by atoms with Crippen LogP contribution in [0.3, 0.4) is 0 Å². The first-order valence-electron chi connectivity index (χ1n) is 6.87. The monoisotopic (exact) mass is 280 g/mol. The number of aryl methyl sites for hydroxylation is 1. The van der Waals surface area contributed by atoms with E-state index in [4.69, 9.17) is 0 Å². The summed E-state index contributed by atoms with van der Waals surface area (Å²) in [6.07, 6.45) is 2.57. The number of nitrogens with zero attached hydrogens (tertiary/aromatic N) is 3. The lowest BCUT2D eigenvalue weighted by Gasteiger charge is -2.05. The van der Waals surface area contributed by atoms with Crippen molar-refractivity contribution in [3.63, 3.8) is 0 Å². The fraction of sp³-hybridized carbons (Fsp3) is 0.188. The molecule has 5 nitrogen and oxygen atoms in total. The number of pyridine rings is 1. The van der Waals surface area contributed by atoms with E-state index in [-0.39, 0.29) is 5.91 Å². The Morgan fingerprint density at radius 1 is 1.19 bits per heavy atom. The number of benzene rings is 1. The van der Waals surface area contributed by atoms with Crippen LogP contribution in [0.2, 0.25) is 0 Å². The fourth-order valence-electron chi connectivity index (χ4n) is 2.24. The van der Waals surface area contributed by atoms with Crippen LogP contribution in [0.25, 0.3) is 5.65 Å². The summed E-state index contributed by atoms with van der Waals surface area (Å²) in [6.45, 7) is 2.50. The van der Waals surface area contributed by atoms with Gasteiger partial charge in [0.25, 0.3) is 5.91 Å². The van der Waals surface area contributed by atoms with Crippen molar-refractivity contribution in [3.8, 4) is 0 Å². The van der Waals surface area contributed by atoms with Gasteiger partial charge in [-0.3, -0.25) is 9.20 Å². The number of carbonyl (C=O) groups is 1. The van der Waals surface area contributed by atoms with E-state index in [1.807, 2.05) is 60.0 Å². The topological polar surface area (TPSA) is 59.3 Å². The zero-order chi connectivity index (χ0) is 14.7. The summed E-state index contributed by atoms with van der Waals surface area (Å²) < 4.78 is 1.93. The maximum absolute atomic E-state index is 12.0. The van der Waals surface area contributed by atoms with Crippen LogP contribution in [-0.2, 0) is 6.42 Å². The Morgan fingerprint density at radius 2 is 2.10 bits per heavy atom. The van der Waals surface area contributed by atoms with E-state index in [1.54, 1.807) is 0 Å². The largest absolute Gasteiger partial charge is 0.352 e. The molecule has 0 radical (unpaired) electrons. The first-order chi connectivity index (χ1) is 10.2. The Bertz CT molecular complexity index is 779. The Hall–Kier alpha value is -2.69. The minimum atomic E-state index is -0.0625. The van der Waals surface area contributed by atoms with Crippen LogP contribution in [0.15, 0.2) is 48.7 Å². The molecule has 3 rings (SSSR count). The zero-order valence-electron chi connectivity index (χ0n) is 11.8. The number of amides is 1. The van der Waals surface area contributed by atoms with Gasteiger partial charge < -0.3 is 5.32 Å².